The quantitative estimate of drug-likeness (QED) is 0.708. The van der Waals surface area contributed by atoms with E-state index in [4.69, 9.17) is 19.9 Å². The molecule has 2 aromatic rings. The molecule has 1 aliphatic heterocycles. The van der Waals surface area contributed by atoms with Crippen LogP contribution in [0.25, 0.3) is 11.2 Å². The van der Waals surface area contributed by atoms with Crippen molar-refractivity contribution in [2.45, 2.75) is 25.7 Å². The van der Waals surface area contributed by atoms with Gasteiger partial charge in [-0.2, -0.15) is 9.97 Å². The molecular weight excluding hydrogens is 266 g/mol. The molecule has 0 bridgehead atoms. The van der Waals surface area contributed by atoms with E-state index >= 15 is 0 Å². The van der Waals surface area contributed by atoms with Crippen molar-refractivity contribution in [3.05, 3.63) is 10.4 Å². The largest absolute Gasteiger partial charge is 0.462 e. The predicted octanol–water partition coefficient (Wildman–Crippen LogP) is -0.241. The molecule has 0 amide bonds. The maximum absolute atomic E-state index is 11.6. The fourth-order valence-electron chi connectivity index (χ4n) is 1.99. The normalized spacial score (nSPS) is 21.4. The third-order valence-corrected chi connectivity index (χ3v) is 2.83. The van der Waals surface area contributed by atoms with Gasteiger partial charge in [0.2, 0.25) is 5.95 Å². The summed E-state index contributed by atoms with van der Waals surface area (Å²) in [6.45, 7) is 4.37. The molecule has 0 aromatic carbocycles. The molecule has 108 valence electrons. The first kappa shape index (κ1) is 12.9. The standard InChI is InChI=1S/C11H15N5O4/c1-11(2)19-4-5(20-11)3-18-10-13-6-7(15-10)14-9(12)16-8(6)17/h5H,3-4H2,1-2H3,(H4,12,13,14,15,16,17). The fraction of sp³-hybridized carbons (Fsp3) is 0.545. The number of H-pyrrole nitrogens is 2. The molecule has 1 unspecified atom stereocenters. The summed E-state index contributed by atoms with van der Waals surface area (Å²) < 4.78 is 16.5. The van der Waals surface area contributed by atoms with Gasteiger partial charge < -0.3 is 24.9 Å². The lowest BCUT2D eigenvalue weighted by atomic mass is 10.4. The molecule has 1 saturated heterocycles. The lowest BCUT2D eigenvalue weighted by Crippen LogP contribution is -2.25. The highest BCUT2D eigenvalue weighted by atomic mass is 16.7. The maximum atomic E-state index is 11.6. The first-order valence-corrected chi connectivity index (χ1v) is 6.13. The van der Waals surface area contributed by atoms with Crippen LogP contribution < -0.4 is 16.0 Å². The molecule has 0 radical (unpaired) electrons. The number of imidazole rings is 1. The first-order chi connectivity index (χ1) is 9.43. The van der Waals surface area contributed by atoms with E-state index in [0.717, 1.165) is 0 Å². The molecule has 9 heteroatoms. The Morgan fingerprint density at radius 2 is 2.25 bits per heavy atom. The number of aromatic nitrogens is 4. The lowest BCUT2D eigenvalue weighted by Gasteiger charge is -2.16. The van der Waals surface area contributed by atoms with Gasteiger partial charge in [0.15, 0.2) is 17.0 Å². The van der Waals surface area contributed by atoms with Gasteiger partial charge in [-0.05, 0) is 13.8 Å². The van der Waals surface area contributed by atoms with Crippen LogP contribution in [-0.4, -0.2) is 45.0 Å². The minimum Gasteiger partial charge on any atom is -0.462 e. The third kappa shape index (κ3) is 2.45. The van der Waals surface area contributed by atoms with Crippen LogP contribution in [0, 0.1) is 0 Å². The van der Waals surface area contributed by atoms with Crippen molar-refractivity contribution in [2.75, 3.05) is 18.9 Å². The van der Waals surface area contributed by atoms with E-state index in [1.54, 1.807) is 0 Å². The van der Waals surface area contributed by atoms with E-state index in [0.29, 0.717) is 6.61 Å². The smallest absolute Gasteiger partial charge is 0.296 e. The van der Waals surface area contributed by atoms with E-state index < -0.39 is 11.3 Å². The van der Waals surface area contributed by atoms with Crippen molar-refractivity contribution in [1.29, 1.82) is 0 Å². The van der Waals surface area contributed by atoms with E-state index in [-0.39, 0.29) is 35.8 Å². The molecule has 0 aliphatic carbocycles. The highest BCUT2D eigenvalue weighted by molar-refractivity contribution is 5.70. The number of hydrogen-bond acceptors (Lipinski definition) is 7. The Morgan fingerprint density at radius 1 is 1.45 bits per heavy atom. The van der Waals surface area contributed by atoms with E-state index in [1.807, 2.05) is 13.8 Å². The average Bonchev–Trinajstić information content (AvgIpc) is 2.90. The Kier molecular flexibility index (Phi) is 2.87. The van der Waals surface area contributed by atoms with Crippen LogP contribution in [0.3, 0.4) is 0 Å². The van der Waals surface area contributed by atoms with Gasteiger partial charge in [-0.25, -0.2) is 0 Å². The van der Waals surface area contributed by atoms with E-state index in [2.05, 4.69) is 19.9 Å². The zero-order chi connectivity index (χ0) is 14.3. The van der Waals surface area contributed by atoms with Crippen molar-refractivity contribution >= 4 is 17.1 Å². The number of ether oxygens (including phenoxy) is 3. The Morgan fingerprint density at radius 3 is 2.95 bits per heavy atom. The van der Waals surface area contributed by atoms with Crippen LogP contribution in [0.4, 0.5) is 5.95 Å². The Hall–Kier alpha value is -2.13. The van der Waals surface area contributed by atoms with E-state index in [1.165, 1.54) is 0 Å². The summed E-state index contributed by atoms with van der Waals surface area (Å²) in [5, 5.41) is 0. The zero-order valence-electron chi connectivity index (χ0n) is 11.1. The van der Waals surface area contributed by atoms with Gasteiger partial charge in [0.05, 0.1) is 6.61 Å². The van der Waals surface area contributed by atoms with Crippen molar-refractivity contribution < 1.29 is 14.2 Å². The average molecular weight is 281 g/mol. The van der Waals surface area contributed by atoms with Gasteiger partial charge in [-0.1, -0.05) is 0 Å². The molecule has 3 rings (SSSR count). The number of nitrogens with zero attached hydrogens (tertiary/aromatic N) is 2. The lowest BCUT2D eigenvalue weighted by molar-refractivity contribution is -0.141. The number of hydrogen-bond donors (Lipinski definition) is 3. The van der Waals surface area contributed by atoms with Crippen molar-refractivity contribution in [3.63, 3.8) is 0 Å². The van der Waals surface area contributed by atoms with Crippen molar-refractivity contribution in [1.82, 2.24) is 19.9 Å². The fourth-order valence-corrected chi connectivity index (χ4v) is 1.99. The highest BCUT2D eigenvalue weighted by Crippen LogP contribution is 2.22. The second-order valence-corrected chi connectivity index (χ2v) is 4.95. The summed E-state index contributed by atoms with van der Waals surface area (Å²) in [6, 6.07) is 0.192. The molecule has 2 aromatic heterocycles. The number of anilines is 1. The molecule has 1 atom stereocenters. The molecule has 9 nitrogen and oxygen atoms in total. The Balaban J connectivity index is 1.72. The molecular formula is C11H15N5O4. The van der Waals surface area contributed by atoms with Gasteiger partial charge in [-0.15, -0.1) is 0 Å². The summed E-state index contributed by atoms with van der Waals surface area (Å²) in [4.78, 5) is 24.7. The molecule has 20 heavy (non-hydrogen) atoms. The number of rotatable bonds is 3. The number of nitrogens with two attached hydrogens (primary N) is 1. The molecule has 0 spiro atoms. The summed E-state index contributed by atoms with van der Waals surface area (Å²) in [5.41, 5.74) is 5.48. The van der Waals surface area contributed by atoms with E-state index in [9.17, 15) is 4.79 Å². The van der Waals surface area contributed by atoms with Gasteiger partial charge >= 0.3 is 0 Å². The molecule has 0 saturated carbocycles. The number of aromatic amines is 2. The maximum Gasteiger partial charge on any atom is 0.296 e. The minimum atomic E-state index is -0.602. The van der Waals surface area contributed by atoms with Crippen LogP contribution in [0.2, 0.25) is 0 Å². The van der Waals surface area contributed by atoms with Crippen LogP contribution in [0.15, 0.2) is 4.79 Å². The molecule has 1 aliphatic rings. The minimum absolute atomic E-state index is 0.00910. The molecule has 3 heterocycles. The molecule has 1 fully saturated rings. The van der Waals surface area contributed by atoms with Crippen LogP contribution in [-0.2, 0) is 9.47 Å². The number of fused-ring (bicyclic) bond motifs is 1. The summed E-state index contributed by atoms with van der Waals surface area (Å²) >= 11 is 0. The highest BCUT2D eigenvalue weighted by Gasteiger charge is 2.33. The second kappa shape index (κ2) is 4.46. The van der Waals surface area contributed by atoms with Crippen molar-refractivity contribution in [2.24, 2.45) is 0 Å². The zero-order valence-corrected chi connectivity index (χ0v) is 11.1. The first-order valence-electron chi connectivity index (χ1n) is 6.13. The predicted molar refractivity (Wildman–Crippen MR) is 69.3 cm³/mol. The Labute approximate surface area is 113 Å². The van der Waals surface area contributed by atoms with Crippen LogP contribution >= 0.6 is 0 Å². The Bertz CT molecular complexity index is 692. The SMILES string of the molecule is CC1(C)OCC(COc2nc3nc(N)[nH]c(=O)c3[nH]2)O1. The third-order valence-electron chi connectivity index (χ3n) is 2.83. The number of nitrogen functional groups attached to an aromatic ring is 1. The van der Waals surface area contributed by atoms with Crippen LogP contribution in [0.1, 0.15) is 13.8 Å². The molecule has 4 N–H and O–H groups in total. The number of nitrogens with one attached hydrogen (secondary N) is 2. The van der Waals surface area contributed by atoms with Crippen LogP contribution in [0.5, 0.6) is 6.01 Å². The van der Waals surface area contributed by atoms with Gasteiger partial charge in [0.1, 0.15) is 12.7 Å². The van der Waals surface area contributed by atoms with Gasteiger partial charge in [0.25, 0.3) is 11.6 Å². The van der Waals surface area contributed by atoms with Gasteiger partial charge in [-0.3, -0.25) is 9.78 Å². The van der Waals surface area contributed by atoms with Gasteiger partial charge in [0, 0.05) is 0 Å². The second-order valence-electron chi connectivity index (χ2n) is 4.95. The monoisotopic (exact) mass is 281 g/mol. The topological polar surface area (TPSA) is 128 Å². The summed E-state index contributed by atoms with van der Waals surface area (Å²) in [5.74, 6) is -0.593. The summed E-state index contributed by atoms with van der Waals surface area (Å²) in [6.07, 6.45) is -0.186. The summed E-state index contributed by atoms with van der Waals surface area (Å²) in [7, 11) is 0. The van der Waals surface area contributed by atoms with Crippen molar-refractivity contribution in [3.8, 4) is 6.01 Å².